The molecule has 4 nitrogen and oxygen atoms in total. The maximum Gasteiger partial charge on any atom is 0.338 e. The van der Waals surface area contributed by atoms with E-state index in [9.17, 15) is 9.18 Å². The largest absolute Gasteiger partial charge is 0.457 e. The summed E-state index contributed by atoms with van der Waals surface area (Å²) in [4.78, 5) is 11.9. The van der Waals surface area contributed by atoms with Crippen LogP contribution < -0.4 is 5.73 Å². The van der Waals surface area contributed by atoms with Gasteiger partial charge in [-0.3, -0.25) is 0 Å². The van der Waals surface area contributed by atoms with Crippen molar-refractivity contribution in [2.75, 3.05) is 5.73 Å². The van der Waals surface area contributed by atoms with Gasteiger partial charge in [0.05, 0.1) is 11.1 Å². The van der Waals surface area contributed by atoms with Gasteiger partial charge in [0.15, 0.2) is 0 Å². The van der Waals surface area contributed by atoms with Crippen molar-refractivity contribution in [2.45, 2.75) is 13.5 Å². The Bertz CT molecular complexity index is 715. The first-order valence-electron chi connectivity index (χ1n) is 6.23. The molecule has 2 aromatic rings. The molecule has 0 aromatic heterocycles. The summed E-state index contributed by atoms with van der Waals surface area (Å²) >= 11 is 0. The van der Waals surface area contributed by atoms with Crippen LogP contribution in [0.15, 0.2) is 36.4 Å². The van der Waals surface area contributed by atoms with Crippen molar-refractivity contribution >= 4 is 11.7 Å². The smallest absolute Gasteiger partial charge is 0.338 e. The van der Waals surface area contributed by atoms with Gasteiger partial charge in [0.25, 0.3) is 0 Å². The van der Waals surface area contributed by atoms with Gasteiger partial charge >= 0.3 is 5.97 Å². The summed E-state index contributed by atoms with van der Waals surface area (Å²) in [5, 5.41) is 8.75. The van der Waals surface area contributed by atoms with Gasteiger partial charge < -0.3 is 10.5 Å². The van der Waals surface area contributed by atoms with Crippen molar-refractivity contribution in [3.8, 4) is 6.07 Å². The van der Waals surface area contributed by atoms with Crippen molar-refractivity contribution in [1.29, 1.82) is 5.26 Å². The molecule has 106 valence electrons. The van der Waals surface area contributed by atoms with Gasteiger partial charge in [-0.15, -0.1) is 0 Å². The Balaban J connectivity index is 2.13. The van der Waals surface area contributed by atoms with Crippen molar-refractivity contribution in [2.24, 2.45) is 0 Å². The van der Waals surface area contributed by atoms with Crippen LogP contribution in [0.25, 0.3) is 0 Å². The molecular formula is C16H13FN2O2. The highest BCUT2D eigenvalue weighted by molar-refractivity contribution is 5.90. The lowest BCUT2D eigenvalue weighted by Crippen LogP contribution is -2.07. The molecule has 0 atom stereocenters. The zero-order valence-electron chi connectivity index (χ0n) is 11.4. The summed E-state index contributed by atoms with van der Waals surface area (Å²) in [6.07, 6.45) is 0. The first-order chi connectivity index (χ1) is 10.0. The standard InChI is InChI=1S/C16H13FN2O2/c1-10-5-13(7-14(19)6-10)16(20)21-9-12-4-2-3-11(8-18)15(12)17/h2-7H,9,19H2,1H3. The van der Waals surface area contributed by atoms with E-state index < -0.39 is 11.8 Å². The third-order valence-corrected chi connectivity index (χ3v) is 2.89. The Labute approximate surface area is 121 Å². The molecule has 0 heterocycles. The van der Waals surface area contributed by atoms with Gasteiger partial charge in [-0.25, -0.2) is 9.18 Å². The van der Waals surface area contributed by atoms with Crippen LogP contribution in [0.4, 0.5) is 10.1 Å². The van der Waals surface area contributed by atoms with Gasteiger partial charge in [0.2, 0.25) is 0 Å². The SMILES string of the molecule is Cc1cc(N)cc(C(=O)OCc2cccc(C#N)c2F)c1. The number of nitriles is 1. The van der Waals surface area contributed by atoms with Gasteiger partial charge in [0.1, 0.15) is 18.5 Å². The van der Waals surface area contributed by atoms with Crippen LogP contribution in [0.2, 0.25) is 0 Å². The van der Waals surface area contributed by atoms with E-state index in [4.69, 9.17) is 15.7 Å². The maximum atomic E-state index is 13.8. The number of carbonyl (C=O) groups is 1. The summed E-state index contributed by atoms with van der Waals surface area (Å²) in [6.45, 7) is 1.57. The molecule has 0 fully saturated rings. The fourth-order valence-corrected chi connectivity index (χ4v) is 1.93. The molecule has 0 aliphatic rings. The number of nitrogens with zero attached hydrogens (tertiary/aromatic N) is 1. The zero-order chi connectivity index (χ0) is 15.4. The summed E-state index contributed by atoms with van der Waals surface area (Å²) in [6, 6.07) is 11.0. The van der Waals surface area contributed by atoms with E-state index in [2.05, 4.69) is 0 Å². The Hall–Kier alpha value is -2.87. The van der Waals surface area contributed by atoms with Gasteiger partial charge in [0, 0.05) is 11.3 Å². The second-order valence-corrected chi connectivity index (χ2v) is 4.60. The Morgan fingerprint density at radius 3 is 2.81 bits per heavy atom. The average molecular weight is 284 g/mol. The van der Waals surface area contributed by atoms with E-state index in [-0.39, 0.29) is 17.7 Å². The molecule has 0 spiro atoms. The summed E-state index contributed by atoms with van der Waals surface area (Å²) in [5.74, 6) is -1.26. The maximum absolute atomic E-state index is 13.8. The molecular weight excluding hydrogens is 271 g/mol. The number of carbonyl (C=O) groups excluding carboxylic acids is 1. The highest BCUT2D eigenvalue weighted by atomic mass is 19.1. The van der Waals surface area contributed by atoms with Gasteiger partial charge in [-0.05, 0) is 36.8 Å². The first kappa shape index (κ1) is 14.5. The number of nitrogen functional groups attached to an aromatic ring is 1. The van der Waals surface area contributed by atoms with E-state index in [1.807, 2.05) is 6.92 Å². The molecule has 0 aliphatic carbocycles. The predicted octanol–water partition coefficient (Wildman–Crippen LogP) is 2.95. The zero-order valence-corrected chi connectivity index (χ0v) is 11.4. The normalized spacial score (nSPS) is 9.95. The first-order valence-corrected chi connectivity index (χ1v) is 6.23. The third-order valence-electron chi connectivity index (χ3n) is 2.89. The molecule has 0 aliphatic heterocycles. The lowest BCUT2D eigenvalue weighted by Gasteiger charge is -2.08. The molecule has 0 saturated carbocycles. The number of hydrogen-bond acceptors (Lipinski definition) is 4. The van der Waals surface area contributed by atoms with Crippen LogP contribution in [-0.2, 0) is 11.3 Å². The minimum Gasteiger partial charge on any atom is -0.457 e. The van der Waals surface area contributed by atoms with Crippen molar-refractivity contribution in [3.63, 3.8) is 0 Å². The number of hydrogen-bond donors (Lipinski definition) is 1. The van der Waals surface area contributed by atoms with Gasteiger partial charge in [-0.2, -0.15) is 5.26 Å². The van der Waals surface area contributed by atoms with Crippen LogP contribution in [-0.4, -0.2) is 5.97 Å². The van der Waals surface area contributed by atoms with E-state index in [1.54, 1.807) is 18.2 Å². The highest BCUT2D eigenvalue weighted by Crippen LogP contribution is 2.16. The number of nitrogens with two attached hydrogens (primary N) is 1. The van der Waals surface area contributed by atoms with Crippen molar-refractivity contribution in [3.05, 3.63) is 64.5 Å². The molecule has 0 saturated heterocycles. The van der Waals surface area contributed by atoms with Crippen LogP contribution >= 0.6 is 0 Å². The third kappa shape index (κ3) is 3.37. The molecule has 2 N–H and O–H groups in total. The Kier molecular flexibility index (Phi) is 4.19. The minimum absolute atomic E-state index is 0.0802. The van der Waals surface area contributed by atoms with Crippen molar-refractivity contribution in [1.82, 2.24) is 0 Å². The molecule has 0 radical (unpaired) electrons. The Morgan fingerprint density at radius 2 is 2.14 bits per heavy atom. The lowest BCUT2D eigenvalue weighted by atomic mass is 10.1. The highest BCUT2D eigenvalue weighted by Gasteiger charge is 2.12. The molecule has 0 unspecified atom stereocenters. The Morgan fingerprint density at radius 1 is 1.38 bits per heavy atom. The number of ether oxygens (including phenoxy) is 1. The summed E-state index contributed by atoms with van der Waals surface area (Å²) in [7, 11) is 0. The molecule has 0 amide bonds. The second kappa shape index (κ2) is 6.06. The monoisotopic (exact) mass is 284 g/mol. The number of benzene rings is 2. The van der Waals surface area contributed by atoms with Gasteiger partial charge in [-0.1, -0.05) is 12.1 Å². The number of esters is 1. The molecule has 0 bridgehead atoms. The second-order valence-electron chi connectivity index (χ2n) is 4.60. The van der Waals surface area contributed by atoms with Crippen LogP contribution in [0.5, 0.6) is 0 Å². The number of rotatable bonds is 3. The number of halogens is 1. The predicted molar refractivity (Wildman–Crippen MR) is 75.8 cm³/mol. The molecule has 2 rings (SSSR count). The van der Waals surface area contributed by atoms with Crippen molar-refractivity contribution < 1.29 is 13.9 Å². The quantitative estimate of drug-likeness (QED) is 0.694. The average Bonchev–Trinajstić information content (AvgIpc) is 2.45. The number of aryl methyl sites for hydroxylation is 1. The lowest BCUT2D eigenvalue weighted by molar-refractivity contribution is 0.0469. The fraction of sp³-hybridized carbons (Fsp3) is 0.125. The minimum atomic E-state index is -0.670. The van der Waals surface area contributed by atoms with E-state index in [0.717, 1.165) is 5.56 Å². The summed E-state index contributed by atoms with van der Waals surface area (Å²) < 4.78 is 18.9. The van der Waals surface area contributed by atoms with Crippen LogP contribution in [0.1, 0.15) is 27.0 Å². The van der Waals surface area contributed by atoms with Crippen LogP contribution in [0, 0.1) is 24.1 Å². The topological polar surface area (TPSA) is 76.1 Å². The van der Waals surface area contributed by atoms with E-state index in [0.29, 0.717) is 11.3 Å². The van der Waals surface area contributed by atoms with E-state index in [1.165, 1.54) is 24.3 Å². The van der Waals surface area contributed by atoms with E-state index >= 15 is 0 Å². The fourth-order valence-electron chi connectivity index (χ4n) is 1.93. The summed E-state index contributed by atoms with van der Waals surface area (Å²) in [5.41, 5.74) is 7.34. The molecule has 5 heteroatoms. The number of anilines is 1. The van der Waals surface area contributed by atoms with Crippen LogP contribution in [0.3, 0.4) is 0 Å². The molecule has 21 heavy (non-hydrogen) atoms. The molecule has 2 aromatic carbocycles.